The number of carboxylic acid groups (broad SMARTS) is 1. The Kier molecular flexibility index (Phi) is 39.5. The predicted octanol–water partition coefficient (Wildman–Crippen LogP) is 8.31. The molecule has 0 aromatic rings. The summed E-state index contributed by atoms with van der Waals surface area (Å²) in [5.74, 6) is -2.52. The molecule has 0 saturated carbocycles. The van der Waals surface area contributed by atoms with Crippen molar-refractivity contribution in [2.45, 2.75) is 200 Å². The fourth-order valence-electron chi connectivity index (χ4n) is 6.13. The van der Waals surface area contributed by atoms with Crippen molar-refractivity contribution in [3.05, 3.63) is 0 Å². The molecule has 290 valence electrons. The van der Waals surface area contributed by atoms with Crippen LogP contribution in [0.15, 0.2) is 4.99 Å². The SMILES string of the molecule is CCCCCCCCCCCCCCCC[N+](C)(CCCCCCCCCCCCCCCC)CCN=C(N)N.O=C(O)C(F)(F)F.[Cl-]. The first-order valence-electron chi connectivity index (χ1n) is 19.7. The first-order valence-corrected chi connectivity index (χ1v) is 19.7. The van der Waals surface area contributed by atoms with Crippen molar-refractivity contribution in [1.82, 2.24) is 0 Å². The maximum Gasteiger partial charge on any atom is 0.490 e. The minimum Gasteiger partial charge on any atom is -1.00 e. The van der Waals surface area contributed by atoms with E-state index in [1.54, 1.807) is 0 Å². The molecule has 48 heavy (non-hydrogen) atoms. The van der Waals surface area contributed by atoms with Crippen LogP contribution >= 0.6 is 0 Å². The summed E-state index contributed by atoms with van der Waals surface area (Å²) in [5, 5.41) is 7.12. The van der Waals surface area contributed by atoms with Gasteiger partial charge in [0.05, 0.1) is 33.2 Å². The zero-order valence-corrected chi connectivity index (χ0v) is 32.3. The van der Waals surface area contributed by atoms with Crippen molar-refractivity contribution in [3.63, 3.8) is 0 Å². The van der Waals surface area contributed by atoms with E-state index in [-0.39, 0.29) is 18.4 Å². The third-order valence-electron chi connectivity index (χ3n) is 9.28. The summed E-state index contributed by atoms with van der Waals surface area (Å²) in [6.07, 6.45) is 34.8. The van der Waals surface area contributed by atoms with E-state index in [0.29, 0.717) is 0 Å². The molecule has 0 fully saturated rings. The number of rotatable bonds is 33. The molecule has 0 unspecified atom stereocenters. The molecule has 0 spiro atoms. The molecule has 0 aromatic carbocycles. The van der Waals surface area contributed by atoms with E-state index in [1.165, 1.54) is 193 Å². The molecule has 0 aromatic heterocycles. The number of nitrogens with two attached hydrogens (primary N) is 2. The standard InChI is InChI=1S/C36H77N4.C2HF3O2.ClH/c1-4-6-8-10-12-14-16-18-20-22-24-26-28-30-33-40(3,35-32-39-36(37)38)34-31-29-27-25-23-21-19-17-15-13-11-9-7-5-2;3-2(4,5)1(6)7;/h4-35H2,1-3H3,(H4,37,38,39);(H,6,7);1H/q+1;;/p-1. The number of carbonyl (C=O) groups is 1. The lowest BCUT2D eigenvalue weighted by Crippen LogP contribution is -3.00. The minimum atomic E-state index is -5.08. The van der Waals surface area contributed by atoms with E-state index in [2.05, 4.69) is 25.9 Å². The third-order valence-corrected chi connectivity index (χ3v) is 9.28. The number of unbranched alkanes of at least 4 members (excludes halogenated alkanes) is 26. The van der Waals surface area contributed by atoms with Gasteiger partial charge in [-0.05, 0) is 25.7 Å². The van der Waals surface area contributed by atoms with Gasteiger partial charge in [-0.2, -0.15) is 13.2 Å². The minimum absolute atomic E-state index is 0. The molecule has 0 aliphatic rings. The van der Waals surface area contributed by atoms with Gasteiger partial charge in [0.1, 0.15) is 0 Å². The van der Waals surface area contributed by atoms with Crippen molar-refractivity contribution < 1.29 is 40.0 Å². The number of guanidine groups is 1. The molecule has 0 rings (SSSR count). The fraction of sp³-hybridized carbons (Fsp3) is 0.947. The largest absolute Gasteiger partial charge is 1.00 e. The van der Waals surface area contributed by atoms with Gasteiger partial charge in [0, 0.05) is 0 Å². The lowest BCUT2D eigenvalue weighted by molar-refractivity contribution is -0.908. The Morgan fingerprint density at radius 1 is 0.542 bits per heavy atom. The van der Waals surface area contributed by atoms with E-state index >= 15 is 0 Å². The number of alkyl halides is 3. The van der Waals surface area contributed by atoms with Crippen LogP contribution in [0.25, 0.3) is 0 Å². The summed E-state index contributed by atoms with van der Waals surface area (Å²) in [5.41, 5.74) is 11.2. The Morgan fingerprint density at radius 3 is 0.979 bits per heavy atom. The van der Waals surface area contributed by atoms with Crippen LogP contribution < -0.4 is 23.9 Å². The smallest absolute Gasteiger partial charge is 0.490 e. The van der Waals surface area contributed by atoms with Gasteiger partial charge in [0.2, 0.25) is 0 Å². The highest BCUT2D eigenvalue weighted by Crippen LogP contribution is 2.17. The van der Waals surface area contributed by atoms with Crippen molar-refractivity contribution in [2.24, 2.45) is 16.5 Å². The van der Waals surface area contributed by atoms with E-state index in [0.717, 1.165) is 17.6 Å². The van der Waals surface area contributed by atoms with Gasteiger partial charge >= 0.3 is 12.1 Å². The van der Waals surface area contributed by atoms with Crippen molar-refractivity contribution in [1.29, 1.82) is 0 Å². The van der Waals surface area contributed by atoms with Crippen LogP contribution in [0.2, 0.25) is 0 Å². The number of halogens is 4. The van der Waals surface area contributed by atoms with Crippen LogP contribution in [0.4, 0.5) is 13.2 Å². The number of aliphatic carboxylic acids is 1. The lowest BCUT2D eigenvalue weighted by atomic mass is 10.0. The summed E-state index contributed by atoms with van der Waals surface area (Å²) in [6.45, 7) is 8.97. The van der Waals surface area contributed by atoms with E-state index in [4.69, 9.17) is 21.4 Å². The predicted molar refractivity (Wildman–Crippen MR) is 196 cm³/mol. The number of likely N-dealkylation sites (N-methyl/N-ethyl adjacent to an activating group) is 1. The third kappa shape index (κ3) is 41.0. The Hall–Kier alpha value is -1.22. The second-order valence-corrected chi connectivity index (χ2v) is 14.1. The summed E-state index contributed by atoms with van der Waals surface area (Å²) in [7, 11) is 2.44. The van der Waals surface area contributed by atoms with E-state index in [1.807, 2.05) is 0 Å². The van der Waals surface area contributed by atoms with Gasteiger partial charge < -0.3 is 33.5 Å². The second kappa shape index (κ2) is 37.0. The quantitative estimate of drug-likeness (QED) is 0.0276. The van der Waals surface area contributed by atoms with Gasteiger partial charge in [-0.1, -0.05) is 168 Å². The molecule has 0 saturated heterocycles. The molecular formula is C38H78ClF3N4O2. The van der Waals surface area contributed by atoms with E-state index < -0.39 is 12.1 Å². The monoisotopic (exact) mass is 715 g/mol. The van der Waals surface area contributed by atoms with Crippen LogP contribution in [0, 0.1) is 0 Å². The molecule has 0 aliphatic carbocycles. The fourth-order valence-corrected chi connectivity index (χ4v) is 6.13. The Labute approximate surface area is 300 Å². The number of hydrogen-bond donors (Lipinski definition) is 3. The first kappa shape index (κ1) is 51.2. The highest BCUT2D eigenvalue weighted by molar-refractivity contribution is 5.75. The highest BCUT2D eigenvalue weighted by Gasteiger charge is 2.38. The number of quaternary nitrogens is 1. The first-order chi connectivity index (χ1) is 22.5. The summed E-state index contributed by atoms with van der Waals surface area (Å²) < 4.78 is 32.9. The molecule has 0 radical (unpaired) electrons. The zero-order valence-electron chi connectivity index (χ0n) is 31.5. The van der Waals surface area contributed by atoms with Crippen molar-refractivity contribution in [3.8, 4) is 0 Å². The van der Waals surface area contributed by atoms with Gasteiger partial charge in [0.15, 0.2) is 5.96 Å². The summed E-state index contributed by atoms with van der Waals surface area (Å²) in [6, 6.07) is 0. The van der Waals surface area contributed by atoms with Crippen LogP contribution in [-0.2, 0) is 4.79 Å². The molecule has 0 amide bonds. The topological polar surface area (TPSA) is 102 Å². The maximum absolute atomic E-state index is 10.6. The van der Waals surface area contributed by atoms with Gasteiger partial charge in [0.25, 0.3) is 0 Å². The van der Waals surface area contributed by atoms with Crippen LogP contribution in [0.3, 0.4) is 0 Å². The van der Waals surface area contributed by atoms with Crippen molar-refractivity contribution >= 4 is 11.9 Å². The van der Waals surface area contributed by atoms with Crippen LogP contribution in [0.1, 0.15) is 194 Å². The number of carboxylic acids is 1. The van der Waals surface area contributed by atoms with Crippen molar-refractivity contribution in [2.75, 3.05) is 33.2 Å². The number of aliphatic imine (C=N–C) groups is 1. The molecule has 0 heterocycles. The number of nitrogens with zero attached hydrogens (tertiary/aromatic N) is 2. The summed E-state index contributed by atoms with van der Waals surface area (Å²) in [4.78, 5) is 13.2. The van der Waals surface area contributed by atoms with Crippen LogP contribution in [0.5, 0.6) is 0 Å². The Balaban J connectivity index is -0.00000226. The Morgan fingerprint density at radius 2 is 0.771 bits per heavy atom. The highest BCUT2D eigenvalue weighted by atomic mass is 35.5. The zero-order chi connectivity index (χ0) is 35.5. The molecule has 0 atom stereocenters. The second-order valence-electron chi connectivity index (χ2n) is 14.1. The van der Waals surface area contributed by atoms with Crippen LogP contribution in [-0.4, -0.2) is 60.9 Å². The molecule has 0 aliphatic heterocycles. The molecular weight excluding hydrogens is 637 g/mol. The number of hydrogen-bond acceptors (Lipinski definition) is 2. The average molecular weight is 716 g/mol. The molecule has 5 N–H and O–H groups in total. The lowest BCUT2D eigenvalue weighted by Gasteiger charge is -2.34. The normalized spacial score (nSPS) is 11.5. The van der Waals surface area contributed by atoms with Gasteiger partial charge in [-0.15, -0.1) is 0 Å². The van der Waals surface area contributed by atoms with Gasteiger partial charge in [-0.25, -0.2) is 9.79 Å². The molecule has 6 nitrogen and oxygen atoms in total. The van der Waals surface area contributed by atoms with E-state index in [9.17, 15) is 13.2 Å². The molecule has 0 bridgehead atoms. The maximum atomic E-state index is 10.6. The van der Waals surface area contributed by atoms with Gasteiger partial charge in [-0.3, -0.25) is 0 Å². The Bertz CT molecular complexity index is 676. The molecule has 10 heteroatoms. The average Bonchev–Trinajstić information content (AvgIpc) is 3.01. The summed E-state index contributed by atoms with van der Waals surface area (Å²) >= 11 is 0.